The molecule has 6 nitrogen and oxygen atoms in total. The number of carbonyl (C=O) groups is 1. The number of aryl methyl sites for hydroxylation is 1. The quantitative estimate of drug-likeness (QED) is 0.754. The lowest BCUT2D eigenvalue weighted by Crippen LogP contribution is -2.05. The second kappa shape index (κ2) is 4.50. The minimum atomic E-state index is -0.529. The van der Waals surface area contributed by atoms with E-state index in [0.717, 1.165) is 0 Å². The van der Waals surface area contributed by atoms with Crippen molar-refractivity contribution in [1.82, 2.24) is 19.7 Å². The highest BCUT2D eigenvalue weighted by atomic mass is 35.5. The fraction of sp³-hybridized carbons (Fsp3) is 0.200. The maximum atomic E-state index is 11.5. The van der Waals surface area contributed by atoms with Crippen molar-refractivity contribution < 1.29 is 9.53 Å². The molecule has 0 saturated carbocycles. The van der Waals surface area contributed by atoms with Crippen LogP contribution in [-0.4, -0.2) is 32.8 Å². The van der Waals surface area contributed by atoms with Gasteiger partial charge in [0.25, 0.3) is 0 Å². The number of ether oxygens (including phenoxy) is 1. The van der Waals surface area contributed by atoms with Crippen LogP contribution in [0.4, 0.5) is 0 Å². The molecule has 2 heterocycles. The lowest BCUT2D eigenvalue weighted by molar-refractivity contribution is 0.0594. The molecule has 2 rings (SSSR count). The molecule has 0 aromatic carbocycles. The van der Waals surface area contributed by atoms with Crippen LogP contribution in [0.1, 0.15) is 10.5 Å². The Bertz CT molecular complexity index is 550. The minimum absolute atomic E-state index is 0.178. The lowest BCUT2D eigenvalue weighted by atomic mass is 10.2. The maximum Gasteiger partial charge on any atom is 0.359 e. The summed E-state index contributed by atoms with van der Waals surface area (Å²) in [5.74, 6) is -0.151. The number of nitrogens with zero attached hydrogens (tertiary/aromatic N) is 4. The van der Waals surface area contributed by atoms with Gasteiger partial charge in [-0.05, 0) is 0 Å². The van der Waals surface area contributed by atoms with Gasteiger partial charge in [-0.25, -0.2) is 14.8 Å². The van der Waals surface area contributed by atoms with Crippen molar-refractivity contribution in [2.24, 2.45) is 7.05 Å². The summed E-state index contributed by atoms with van der Waals surface area (Å²) in [5, 5.41) is 4.44. The van der Waals surface area contributed by atoms with Crippen LogP contribution in [0.15, 0.2) is 18.6 Å². The molecule has 0 N–H and O–H groups in total. The standard InChI is InChI=1S/C10H9ClN4O2/c1-15-5-7(8(14-15)10(16)17-2)9-12-3-6(11)4-13-9/h3-5H,1-2H3. The molecular weight excluding hydrogens is 244 g/mol. The van der Waals surface area contributed by atoms with E-state index in [9.17, 15) is 4.79 Å². The predicted octanol–water partition coefficient (Wildman–Crippen LogP) is 1.32. The van der Waals surface area contributed by atoms with Gasteiger partial charge in [-0.15, -0.1) is 0 Å². The van der Waals surface area contributed by atoms with Crippen LogP contribution < -0.4 is 0 Å². The van der Waals surface area contributed by atoms with Crippen LogP contribution in [-0.2, 0) is 11.8 Å². The van der Waals surface area contributed by atoms with Crippen LogP contribution in [0, 0.1) is 0 Å². The molecule has 0 spiro atoms. The summed E-state index contributed by atoms with van der Waals surface area (Å²) in [6, 6.07) is 0. The van der Waals surface area contributed by atoms with Crippen LogP contribution in [0.2, 0.25) is 5.02 Å². The Morgan fingerprint density at radius 2 is 2.06 bits per heavy atom. The van der Waals surface area contributed by atoms with Gasteiger partial charge in [-0.3, -0.25) is 4.68 Å². The van der Waals surface area contributed by atoms with Gasteiger partial charge in [0.05, 0.1) is 17.7 Å². The average molecular weight is 253 g/mol. The van der Waals surface area contributed by atoms with E-state index < -0.39 is 5.97 Å². The van der Waals surface area contributed by atoms with Gasteiger partial charge in [-0.1, -0.05) is 11.6 Å². The number of halogens is 1. The number of hydrogen-bond donors (Lipinski definition) is 0. The van der Waals surface area contributed by atoms with Crippen LogP contribution in [0.3, 0.4) is 0 Å². The fourth-order valence-electron chi connectivity index (χ4n) is 1.35. The number of rotatable bonds is 2. The monoisotopic (exact) mass is 252 g/mol. The number of aromatic nitrogens is 4. The van der Waals surface area contributed by atoms with Crippen molar-refractivity contribution in [3.05, 3.63) is 29.3 Å². The highest BCUT2D eigenvalue weighted by Gasteiger charge is 2.19. The molecular formula is C10H9ClN4O2. The highest BCUT2D eigenvalue weighted by Crippen LogP contribution is 2.20. The molecule has 17 heavy (non-hydrogen) atoms. The van der Waals surface area contributed by atoms with Crippen molar-refractivity contribution in [1.29, 1.82) is 0 Å². The summed E-state index contributed by atoms with van der Waals surface area (Å²) in [6.45, 7) is 0. The Labute approximate surface area is 102 Å². The second-order valence-electron chi connectivity index (χ2n) is 3.28. The zero-order valence-corrected chi connectivity index (χ0v) is 9.97. The summed E-state index contributed by atoms with van der Waals surface area (Å²) in [7, 11) is 3.00. The molecule has 0 aliphatic carbocycles. The largest absolute Gasteiger partial charge is 0.464 e. The molecule has 0 aliphatic rings. The highest BCUT2D eigenvalue weighted by molar-refractivity contribution is 6.30. The Morgan fingerprint density at radius 3 is 2.65 bits per heavy atom. The molecule has 0 atom stereocenters. The fourth-order valence-corrected chi connectivity index (χ4v) is 1.45. The van der Waals surface area contributed by atoms with Crippen molar-refractivity contribution in [3.63, 3.8) is 0 Å². The van der Waals surface area contributed by atoms with E-state index in [0.29, 0.717) is 16.4 Å². The SMILES string of the molecule is COC(=O)c1nn(C)cc1-c1ncc(Cl)cn1. The third-order valence-electron chi connectivity index (χ3n) is 2.07. The van der Waals surface area contributed by atoms with Crippen LogP contribution >= 0.6 is 11.6 Å². The van der Waals surface area contributed by atoms with Crippen molar-refractivity contribution >= 4 is 17.6 Å². The van der Waals surface area contributed by atoms with E-state index in [-0.39, 0.29) is 5.69 Å². The molecule has 0 amide bonds. The average Bonchev–Trinajstić information content (AvgIpc) is 2.71. The first-order chi connectivity index (χ1) is 8.11. The van der Waals surface area contributed by atoms with E-state index in [1.807, 2.05) is 0 Å². The first-order valence-electron chi connectivity index (χ1n) is 4.71. The molecule has 2 aromatic rings. The molecule has 0 bridgehead atoms. The first kappa shape index (κ1) is 11.5. The predicted molar refractivity (Wildman–Crippen MR) is 60.6 cm³/mol. The summed E-state index contributed by atoms with van der Waals surface area (Å²) in [4.78, 5) is 19.6. The van der Waals surface area contributed by atoms with Crippen molar-refractivity contribution in [3.8, 4) is 11.4 Å². The van der Waals surface area contributed by atoms with E-state index in [2.05, 4.69) is 19.8 Å². The molecule has 7 heteroatoms. The van der Waals surface area contributed by atoms with Gasteiger partial charge in [0.15, 0.2) is 11.5 Å². The van der Waals surface area contributed by atoms with Crippen molar-refractivity contribution in [2.75, 3.05) is 7.11 Å². The third-order valence-corrected chi connectivity index (χ3v) is 2.26. The molecule has 0 radical (unpaired) electrons. The number of esters is 1. The smallest absolute Gasteiger partial charge is 0.359 e. The molecule has 0 saturated heterocycles. The molecule has 0 aliphatic heterocycles. The minimum Gasteiger partial charge on any atom is -0.464 e. The molecule has 0 fully saturated rings. The van der Waals surface area contributed by atoms with Gasteiger partial charge in [0.2, 0.25) is 0 Å². The third kappa shape index (κ3) is 2.26. The topological polar surface area (TPSA) is 69.9 Å². The Hall–Kier alpha value is -1.95. The summed E-state index contributed by atoms with van der Waals surface area (Å²) < 4.78 is 6.14. The lowest BCUT2D eigenvalue weighted by Gasteiger charge is -1.99. The Morgan fingerprint density at radius 1 is 1.41 bits per heavy atom. The maximum absolute atomic E-state index is 11.5. The summed E-state index contributed by atoms with van der Waals surface area (Å²) in [6.07, 6.45) is 4.56. The second-order valence-corrected chi connectivity index (χ2v) is 3.72. The summed E-state index contributed by atoms with van der Waals surface area (Å²) >= 11 is 5.70. The first-order valence-corrected chi connectivity index (χ1v) is 5.09. The van der Waals surface area contributed by atoms with E-state index in [1.165, 1.54) is 24.2 Å². The van der Waals surface area contributed by atoms with Gasteiger partial charge < -0.3 is 4.74 Å². The van der Waals surface area contributed by atoms with Crippen LogP contribution in [0.5, 0.6) is 0 Å². The number of hydrogen-bond acceptors (Lipinski definition) is 5. The van der Waals surface area contributed by atoms with Crippen LogP contribution in [0.25, 0.3) is 11.4 Å². The van der Waals surface area contributed by atoms with E-state index in [4.69, 9.17) is 11.6 Å². The Kier molecular flexibility index (Phi) is 3.06. The van der Waals surface area contributed by atoms with Gasteiger partial charge >= 0.3 is 5.97 Å². The molecule has 88 valence electrons. The molecule has 2 aromatic heterocycles. The van der Waals surface area contributed by atoms with E-state index in [1.54, 1.807) is 13.2 Å². The van der Waals surface area contributed by atoms with Gasteiger partial charge in [0, 0.05) is 25.6 Å². The summed E-state index contributed by atoms with van der Waals surface area (Å²) in [5.41, 5.74) is 0.688. The van der Waals surface area contributed by atoms with Gasteiger partial charge in [-0.2, -0.15) is 5.10 Å². The van der Waals surface area contributed by atoms with Crippen molar-refractivity contribution in [2.45, 2.75) is 0 Å². The molecule has 0 unspecified atom stereocenters. The number of methoxy groups -OCH3 is 1. The zero-order valence-electron chi connectivity index (χ0n) is 9.22. The Balaban J connectivity index is 2.51. The number of carbonyl (C=O) groups excluding carboxylic acids is 1. The van der Waals surface area contributed by atoms with E-state index >= 15 is 0 Å². The van der Waals surface area contributed by atoms with Gasteiger partial charge in [0.1, 0.15) is 0 Å². The zero-order chi connectivity index (χ0) is 12.4. The normalized spacial score (nSPS) is 10.3.